The summed E-state index contributed by atoms with van der Waals surface area (Å²) in [5.74, 6) is 0.344. The maximum atomic E-state index is 11.7. The van der Waals surface area contributed by atoms with Gasteiger partial charge >= 0.3 is 5.97 Å². The molecular formula is C13H15NO6. The molecule has 1 aromatic rings. The molecule has 7 nitrogen and oxygen atoms in total. The highest BCUT2D eigenvalue weighted by Crippen LogP contribution is 2.34. The molecule has 0 bridgehead atoms. The van der Waals surface area contributed by atoms with E-state index in [1.807, 2.05) is 0 Å². The van der Waals surface area contributed by atoms with E-state index >= 15 is 0 Å². The summed E-state index contributed by atoms with van der Waals surface area (Å²) in [4.78, 5) is 22.3. The van der Waals surface area contributed by atoms with Gasteiger partial charge in [0.05, 0.1) is 6.61 Å². The van der Waals surface area contributed by atoms with Crippen molar-refractivity contribution in [1.82, 2.24) is 5.32 Å². The van der Waals surface area contributed by atoms with Crippen molar-refractivity contribution < 1.29 is 28.9 Å². The van der Waals surface area contributed by atoms with E-state index in [0.29, 0.717) is 23.5 Å². The van der Waals surface area contributed by atoms with E-state index in [9.17, 15) is 14.7 Å². The van der Waals surface area contributed by atoms with Crippen LogP contribution in [0.3, 0.4) is 0 Å². The van der Waals surface area contributed by atoms with Crippen LogP contribution in [0.4, 0.5) is 0 Å². The summed E-state index contributed by atoms with van der Waals surface area (Å²) in [6.07, 6.45) is -0.897. The third kappa shape index (κ3) is 2.83. The summed E-state index contributed by atoms with van der Waals surface area (Å²) < 4.78 is 15.2. The number of amides is 1. The highest BCUT2D eigenvalue weighted by molar-refractivity contribution is 5.79. The van der Waals surface area contributed by atoms with E-state index in [0.717, 1.165) is 0 Å². The maximum absolute atomic E-state index is 11.7. The first kappa shape index (κ1) is 14.1. The van der Waals surface area contributed by atoms with Crippen LogP contribution in [0, 0.1) is 0 Å². The van der Waals surface area contributed by atoms with E-state index < -0.39 is 18.1 Å². The molecule has 2 atom stereocenters. The number of rotatable bonds is 6. The van der Waals surface area contributed by atoms with Crippen LogP contribution in [0.15, 0.2) is 18.2 Å². The van der Waals surface area contributed by atoms with E-state index in [-0.39, 0.29) is 13.4 Å². The Bertz CT molecular complexity index is 504. The van der Waals surface area contributed by atoms with Crippen molar-refractivity contribution in [2.75, 3.05) is 13.4 Å². The van der Waals surface area contributed by atoms with Gasteiger partial charge in [-0.05, 0) is 24.6 Å². The van der Waals surface area contributed by atoms with Gasteiger partial charge in [-0.25, -0.2) is 4.79 Å². The van der Waals surface area contributed by atoms with Crippen LogP contribution >= 0.6 is 0 Å². The maximum Gasteiger partial charge on any atom is 0.331 e. The number of aliphatic hydroxyl groups excluding tert-OH is 1. The molecule has 20 heavy (non-hydrogen) atoms. The van der Waals surface area contributed by atoms with Gasteiger partial charge in [0.1, 0.15) is 6.10 Å². The van der Waals surface area contributed by atoms with Crippen LogP contribution in [0.25, 0.3) is 0 Å². The highest BCUT2D eigenvalue weighted by Gasteiger charge is 2.30. The van der Waals surface area contributed by atoms with Gasteiger partial charge < -0.3 is 24.6 Å². The van der Waals surface area contributed by atoms with Gasteiger partial charge in [0.25, 0.3) is 0 Å². The first-order valence-electron chi connectivity index (χ1n) is 6.11. The van der Waals surface area contributed by atoms with Crippen molar-refractivity contribution >= 4 is 12.4 Å². The van der Waals surface area contributed by atoms with Crippen LogP contribution in [0.2, 0.25) is 0 Å². The summed E-state index contributed by atoms with van der Waals surface area (Å²) in [5.41, 5.74) is 0.418. The van der Waals surface area contributed by atoms with Crippen molar-refractivity contribution in [2.45, 2.75) is 19.1 Å². The van der Waals surface area contributed by atoms with Crippen molar-refractivity contribution in [3.8, 4) is 11.5 Å². The van der Waals surface area contributed by atoms with Crippen LogP contribution in [-0.2, 0) is 14.3 Å². The van der Waals surface area contributed by atoms with Crippen molar-refractivity contribution in [3.05, 3.63) is 23.8 Å². The first-order chi connectivity index (χ1) is 9.67. The molecule has 0 saturated heterocycles. The molecule has 1 aromatic carbocycles. The zero-order valence-electron chi connectivity index (χ0n) is 10.9. The summed E-state index contributed by atoms with van der Waals surface area (Å²) in [5, 5.41) is 12.5. The lowest BCUT2D eigenvalue weighted by Crippen LogP contribution is -2.42. The standard InChI is InChI=1S/C13H15NO6/c1-2-18-13(17)11(14-6-15)12(16)8-3-4-9-10(5-8)20-7-19-9/h3-6,11-12,16H,2,7H2,1H3,(H,14,15). The lowest BCUT2D eigenvalue weighted by atomic mass is 10.0. The number of carbonyl (C=O) groups excluding carboxylic acids is 2. The Labute approximate surface area is 115 Å². The lowest BCUT2D eigenvalue weighted by molar-refractivity contribution is -0.149. The van der Waals surface area contributed by atoms with Crippen LogP contribution < -0.4 is 14.8 Å². The molecule has 0 saturated carbocycles. The Morgan fingerprint density at radius 3 is 2.95 bits per heavy atom. The Balaban J connectivity index is 2.20. The van der Waals surface area contributed by atoms with Gasteiger partial charge in [-0.2, -0.15) is 0 Å². The number of esters is 1. The number of ether oxygens (including phenoxy) is 3. The molecule has 0 aliphatic carbocycles. The summed E-state index contributed by atoms with van der Waals surface area (Å²) in [6.45, 7) is 1.91. The first-order valence-corrected chi connectivity index (χ1v) is 6.11. The molecule has 1 aliphatic heterocycles. The Hall–Kier alpha value is -2.28. The topological polar surface area (TPSA) is 94.1 Å². The average Bonchev–Trinajstić information content (AvgIpc) is 2.91. The largest absolute Gasteiger partial charge is 0.464 e. The third-order valence-corrected chi connectivity index (χ3v) is 2.84. The predicted octanol–water partition coefficient (Wildman–Crippen LogP) is 0.126. The molecule has 0 radical (unpaired) electrons. The molecule has 1 aliphatic rings. The normalized spacial score (nSPS) is 15.3. The molecule has 0 fully saturated rings. The van der Waals surface area contributed by atoms with Crippen LogP contribution in [0.1, 0.15) is 18.6 Å². The van der Waals surface area contributed by atoms with Gasteiger partial charge in [0.15, 0.2) is 17.5 Å². The van der Waals surface area contributed by atoms with Crippen molar-refractivity contribution in [1.29, 1.82) is 0 Å². The van der Waals surface area contributed by atoms with E-state index in [4.69, 9.17) is 14.2 Å². The summed E-state index contributed by atoms with van der Waals surface area (Å²) in [7, 11) is 0. The zero-order valence-corrected chi connectivity index (χ0v) is 10.9. The summed E-state index contributed by atoms with van der Waals surface area (Å²) >= 11 is 0. The second-order valence-corrected chi connectivity index (χ2v) is 4.07. The molecule has 2 rings (SSSR count). The number of carbonyl (C=O) groups is 2. The van der Waals surface area contributed by atoms with Crippen LogP contribution in [0.5, 0.6) is 11.5 Å². The fraction of sp³-hybridized carbons (Fsp3) is 0.385. The molecular weight excluding hydrogens is 266 g/mol. The Morgan fingerprint density at radius 1 is 1.50 bits per heavy atom. The van der Waals surface area contributed by atoms with E-state index in [1.54, 1.807) is 25.1 Å². The molecule has 1 heterocycles. The van der Waals surface area contributed by atoms with Gasteiger partial charge in [-0.3, -0.25) is 4.79 Å². The quantitative estimate of drug-likeness (QED) is 0.568. The van der Waals surface area contributed by atoms with E-state index in [2.05, 4.69) is 5.32 Å². The SMILES string of the molecule is CCOC(=O)C(NC=O)C(O)c1ccc2c(c1)OCO2. The number of benzene rings is 1. The molecule has 1 amide bonds. The minimum Gasteiger partial charge on any atom is -0.464 e. The van der Waals surface area contributed by atoms with Crippen molar-refractivity contribution in [2.24, 2.45) is 0 Å². The predicted molar refractivity (Wildman–Crippen MR) is 67.1 cm³/mol. The molecule has 2 N–H and O–H groups in total. The molecule has 2 unspecified atom stereocenters. The number of fused-ring (bicyclic) bond motifs is 1. The number of hydrogen-bond donors (Lipinski definition) is 2. The summed E-state index contributed by atoms with van der Waals surface area (Å²) in [6, 6.07) is 3.61. The van der Waals surface area contributed by atoms with Gasteiger partial charge in [-0.15, -0.1) is 0 Å². The zero-order chi connectivity index (χ0) is 14.5. The third-order valence-electron chi connectivity index (χ3n) is 2.84. The number of hydrogen-bond acceptors (Lipinski definition) is 6. The number of aliphatic hydroxyl groups is 1. The van der Waals surface area contributed by atoms with Gasteiger partial charge in [-0.1, -0.05) is 6.07 Å². The monoisotopic (exact) mass is 281 g/mol. The smallest absolute Gasteiger partial charge is 0.331 e. The second kappa shape index (κ2) is 6.25. The fourth-order valence-electron chi connectivity index (χ4n) is 1.88. The average molecular weight is 281 g/mol. The highest BCUT2D eigenvalue weighted by atomic mass is 16.7. The lowest BCUT2D eigenvalue weighted by Gasteiger charge is -2.21. The minimum atomic E-state index is -1.24. The molecule has 0 spiro atoms. The molecule has 0 aromatic heterocycles. The minimum absolute atomic E-state index is 0.114. The molecule has 7 heteroatoms. The van der Waals surface area contributed by atoms with Crippen molar-refractivity contribution in [3.63, 3.8) is 0 Å². The second-order valence-electron chi connectivity index (χ2n) is 4.07. The Kier molecular flexibility index (Phi) is 4.41. The molecule has 108 valence electrons. The Morgan fingerprint density at radius 2 is 2.25 bits per heavy atom. The van der Waals surface area contributed by atoms with Crippen LogP contribution in [-0.4, -0.2) is 36.9 Å². The number of nitrogens with one attached hydrogen (secondary N) is 1. The van der Waals surface area contributed by atoms with Gasteiger partial charge in [0, 0.05) is 0 Å². The fourth-order valence-corrected chi connectivity index (χ4v) is 1.88. The van der Waals surface area contributed by atoms with E-state index in [1.165, 1.54) is 0 Å². The van der Waals surface area contributed by atoms with Gasteiger partial charge in [0.2, 0.25) is 13.2 Å².